The summed E-state index contributed by atoms with van der Waals surface area (Å²) >= 11 is 1.34. The number of ether oxygens (including phenoxy) is 1. The fraction of sp³-hybridized carbons (Fsp3) is 0.263. The summed E-state index contributed by atoms with van der Waals surface area (Å²) in [6.07, 6.45) is 0.0223. The van der Waals surface area contributed by atoms with Crippen molar-refractivity contribution in [2.24, 2.45) is 0 Å². The molecular weight excluding hydrogens is 352 g/mol. The zero-order valence-electron chi connectivity index (χ0n) is 14.8. The van der Waals surface area contributed by atoms with E-state index in [0.29, 0.717) is 11.3 Å². The number of carboxylic acid groups (broad SMARTS) is 1. The van der Waals surface area contributed by atoms with E-state index in [-0.39, 0.29) is 18.6 Å². The largest absolute Gasteiger partial charge is 0.491 e. The Kier molecular flexibility index (Phi) is 5.08. The van der Waals surface area contributed by atoms with Gasteiger partial charge in [-0.2, -0.15) is 0 Å². The summed E-state index contributed by atoms with van der Waals surface area (Å²) in [5.41, 5.74) is 2.20. The topological polar surface area (TPSA) is 70.1 Å². The standard InChI is InChI=1S/C19H20N2O4S/c1-12(2)25-15-8-9-17-16(11-15)20(3)19(24)21(26-17)14-6-4-13(5-7-14)10-18(22)23/h4-9,11-12H,10H2,1-3H3,(H,22,23). The first kappa shape index (κ1) is 18.1. The molecule has 0 aromatic heterocycles. The van der Waals surface area contributed by atoms with Crippen LogP contribution in [-0.4, -0.2) is 30.3 Å². The van der Waals surface area contributed by atoms with Gasteiger partial charge in [0.05, 0.1) is 28.8 Å². The van der Waals surface area contributed by atoms with Crippen LogP contribution in [0.2, 0.25) is 0 Å². The monoisotopic (exact) mass is 372 g/mol. The number of fused-ring (bicyclic) bond motifs is 1. The van der Waals surface area contributed by atoms with Gasteiger partial charge in [0.25, 0.3) is 0 Å². The highest BCUT2D eigenvalue weighted by Crippen LogP contribution is 2.42. The Labute approximate surface area is 156 Å². The summed E-state index contributed by atoms with van der Waals surface area (Å²) in [4.78, 5) is 26.1. The molecule has 0 radical (unpaired) electrons. The SMILES string of the molecule is CC(C)Oc1ccc2c(c1)N(C)C(=O)N(c1ccc(CC(=O)O)cc1)S2. The van der Waals surface area contributed by atoms with E-state index in [2.05, 4.69) is 0 Å². The predicted molar refractivity (Wildman–Crippen MR) is 102 cm³/mol. The van der Waals surface area contributed by atoms with E-state index < -0.39 is 5.97 Å². The molecule has 1 N–H and O–H groups in total. The van der Waals surface area contributed by atoms with Gasteiger partial charge in [0, 0.05) is 13.1 Å². The maximum atomic E-state index is 12.8. The Bertz CT molecular complexity index is 836. The van der Waals surface area contributed by atoms with Gasteiger partial charge >= 0.3 is 12.0 Å². The molecule has 26 heavy (non-hydrogen) atoms. The highest BCUT2D eigenvalue weighted by atomic mass is 32.2. The number of aliphatic carboxylic acids is 1. The van der Waals surface area contributed by atoms with Crippen LogP contribution in [0.15, 0.2) is 47.4 Å². The van der Waals surface area contributed by atoms with Crippen molar-refractivity contribution in [3.05, 3.63) is 48.0 Å². The molecule has 0 fully saturated rings. The Hall–Kier alpha value is -2.67. The van der Waals surface area contributed by atoms with Crippen LogP contribution in [0.4, 0.5) is 16.2 Å². The van der Waals surface area contributed by atoms with Crippen molar-refractivity contribution in [2.45, 2.75) is 31.3 Å². The van der Waals surface area contributed by atoms with Gasteiger partial charge in [-0.15, -0.1) is 0 Å². The first-order valence-electron chi connectivity index (χ1n) is 8.22. The molecule has 0 spiro atoms. The number of anilines is 2. The van der Waals surface area contributed by atoms with Crippen LogP contribution in [0, 0.1) is 0 Å². The number of nitrogens with zero attached hydrogens (tertiary/aromatic N) is 2. The molecular formula is C19H20N2O4S. The molecule has 0 unspecified atom stereocenters. The van der Waals surface area contributed by atoms with Gasteiger partial charge < -0.3 is 9.84 Å². The second kappa shape index (κ2) is 7.29. The molecule has 1 aliphatic rings. The van der Waals surface area contributed by atoms with Crippen molar-refractivity contribution >= 4 is 35.3 Å². The van der Waals surface area contributed by atoms with Crippen LogP contribution in [-0.2, 0) is 11.2 Å². The van der Waals surface area contributed by atoms with Crippen LogP contribution in [0.3, 0.4) is 0 Å². The molecule has 2 amide bonds. The number of urea groups is 1. The summed E-state index contributed by atoms with van der Waals surface area (Å²) < 4.78 is 7.30. The third-order valence-corrected chi connectivity index (χ3v) is 4.93. The fourth-order valence-electron chi connectivity index (χ4n) is 2.65. The quantitative estimate of drug-likeness (QED) is 0.797. The van der Waals surface area contributed by atoms with E-state index in [4.69, 9.17) is 9.84 Å². The minimum absolute atomic E-state index is 0.0390. The molecule has 6 nitrogen and oxygen atoms in total. The van der Waals surface area contributed by atoms with Gasteiger partial charge in [0.2, 0.25) is 0 Å². The van der Waals surface area contributed by atoms with Gasteiger partial charge in [0.15, 0.2) is 0 Å². The van der Waals surface area contributed by atoms with Crippen molar-refractivity contribution in [3.63, 3.8) is 0 Å². The number of hydrogen-bond acceptors (Lipinski definition) is 4. The van der Waals surface area contributed by atoms with Crippen LogP contribution in [0.1, 0.15) is 19.4 Å². The minimum atomic E-state index is -0.880. The zero-order valence-corrected chi connectivity index (χ0v) is 15.6. The van der Waals surface area contributed by atoms with Crippen LogP contribution < -0.4 is 13.9 Å². The number of amides is 2. The maximum absolute atomic E-state index is 12.8. The summed E-state index contributed by atoms with van der Waals surface area (Å²) in [7, 11) is 1.73. The predicted octanol–water partition coefficient (Wildman–Crippen LogP) is 4.18. The number of carbonyl (C=O) groups is 2. The average molecular weight is 372 g/mol. The van der Waals surface area contributed by atoms with Gasteiger partial charge in [-0.3, -0.25) is 9.69 Å². The Morgan fingerprint density at radius 2 is 1.88 bits per heavy atom. The first-order chi connectivity index (χ1) is 12.3. The van der Waals surface area contributed by atoms with Crippen LogP contribution in [0.25, 0.3) is 0 Å². The lowest BCUT2D eigenvalue weighted by atomic mass is 10.1. The third-order valence-electron chi connectivity index (χ3n) is 3.84. The second-order valence-electron chi connectivity index (χ2n) is 6.26. The summed E-state index contributed by atoms with van der Waals surface area (Å²) in [6.45, 7) is 3.91. The molecule has 0 saturated carbocycles. The third kappa shape index (κ3) is 3.77. The smallest absolute Gasteiger partial charge is 0.339 e. The first-order valence-corrected chi connectivity index (χ1v) is 8.99. The van der Waals surface area contributed by atoms with E-state index in [1.54, 1.807) is 40.5 Å². The zero-order chi connectivity index (χ0) is 18.8. The van der Waals surface area contributed by atoms with Crippen LogP contribution >= 0.6 is 11.9 Å². The number of carboxylic acids is 1. The van der Waals surface area contributed by atoms with E-state index in [0.717, 1.165) is 16.3 Å². The molecule has 0 saturated heterocycles. The molecule has 7 heteroatoms. The lowest BCUT2D eigenvalue weighted by Gasteiger charge is -2.34. The minimum Gasteiger partial charge on any atom is -0.491 e. The number of rotatable bonds is 5. The molecule has 0 bridgehead atoms. The molecule has 2 aromatic rings. The van der Waals surface area contributed by atoms with E-state index >= 15 is 0 Å². The molecule has 2 aromatic carbocycles. The Balaban J connectivity index is 1.86. The van der Waals surface area contributed by atoms with Crippen molar-refractivity contribution in [1.29, 1.82) is 0 Å². The maximum Gasteiger partial charge on any atom is 0.339 e. The number of hydrogen-bond donors (Lipinski definition) is 1. The second-order valence-corrected chi connectivity index (χ2v) is 7.25. The van der Waals surface area contributed by atoms with E-state index in [1.165, 1.54) is 11.9 Å². The van der Waals surface area contributed by atoms with Crippen molar-refractivity contribution < 1.29 is 19.4 Å². The summed E-state index contributed by atoms with van der Waals surface area (Å²) in [6, 6.07) is 12.5. The van der Waals surface area contributed by atoms with Gasteiger partial charge in [0.1, 0.15) is 5.75 Å². The lowest BCUT2D eigenvalue weighted by Crippen LogP contribution is -2.40. The molecule has 3 rings (SSSR count). The van der Waals surface area contributed by atoms with Crippen molar-refractivity contribution in [2.75, 3.05) is 16.3 Å². The molecule has 0 atom stereocenters. The summed E-state index contributed by atoms with van der Waals surface area (Å²) in [5.74, 6) is -0.153. The Morgan fingerprint density at radius 3 is 2.50 bits per heavy atom. The molecule has 0 aliphatic carbocycles. The summed E-state index contributed by atoms with van der Waals surface area (Å²) in [5, 5.41) is 8.86. The van der Waals surface area contributed by atoms with E-state index in [9.17, 15) is 9.59 Å². The Morgan fingerprint density at radius 1 is 1.19 bits per heavy atom. The van der Waals surface area contributed by atoms with Crippen molar-refractivity contribution in [1.82, 2.24) is 0 Å². The molecule has 1 aliphatic heterocycles. The van der Waals surface area contributed by atoms with Crippen molar-refractivity contribution in [3.8, 4) is 5.75 Å². The van der Waals surface area contributed by atoms with Gasteiger partial charge in [-0.05, 0) is 55.6 Å². The number of benzene rings is 2. The molecule has 136 valence electrons. The van der Waals surface area contributed by atoms with Gasteiger partial charge in [-0.1, -0.05) is 12.1 Å². The van der Waals surface area contributed by atoms with Gasteiger partial charge in [-0.25, -0.2) is 9.10 Å². The highest BCUT2D eigenvalue weighted by Gasteiger charge is 2.30. The fourth-order valence-corrected chi connectivity index (χ4v) is 3.69. The van der Waals surface area contributed by atoms with E-state index in [1.807, 2.05) is 32.0 Å². The highest BCUT2D eigenvalue weighted by molar-refractivity contribution is 8.01. The average Bonchev–Trinajstić information content (AvgIpc) is 2.58. The van der Waals surface area contributed by atoms with Crippen LogP contribution in [0.5, 0.6) is 5.75 Å². The number of carbonyl (C=O) groups excluding carboxylic acids is 1. The molecule has 1 heterocycles. The lowest BCUT2D eigenvalue weighted by molar-refractivity contribution is -0.136. The normalized spacial score (nSPS) is 13.8.